The van der Waals surface area contributed by atoms with Gasteiger partial charge in [-0.2, -0.15) is 0 Å². The number of hydrogen-bond acceptors (Lipinski definition) is 3. The zero-order chi connectivity index (χ0) is 18.1. The van der Waals surface area contributed by atoms with Crippen LogP contribution >= 0.6 is 0 Å². The van der Waals surface area contributed by atoms with Gasteiger partial charge in [-0.25, -0.2) is 0 Å². The molecule has 0 bridgehead atoms. The van der Waals surface area contributed by atoms with Crippen molar-refractivity contribution in [2.24, 2.45) is 0 Å². The number of rotatable bonds is 8. The molecule has 0 aromatic heterocycles. The lowest BCUT2D eigenvalue weighted by atomic mass is 10.1. The number of nitrogens with one attached hydrogen (secondary N) is 2. The molecule has 2 amide bonds. The third-order valence-electron chi connectivity index (χ3n) is 3.55. The Morgan fingerprint density at radius 1 is 1.12 bits per heavy atom. The van der Waals surface area contributed by atoms with E-state index in [0.717, 1.165) is 6.42 Å². The van der Waals surface area contributed by atoms with Crippen LogP contribution in [0.2, 0.25) is 0 Å². The van der Waals surface area contributed by atoms with E-state index in [1.165, 1.54) is 5.56 Å². The quantitative estimate of drug-likeness (QED) is 0.727. The van der Waals surface area contributed by atoms with Crippen molar-refractivity contribution < 1.29 is 14.3 Å². The average molecular weight is 338 g/mol. The number of para-hydroxylation sites is 1. The second-order valence-electron chi connectivity index (χ2n) is 5.38. The van der Waals surface area contributed by atoms with Crippen LogP contribution in [0.4, 0.5) is 5.69 Å². The normalized spacial score (nSPS) is 9.96. The first-order valence-corrected chi connectivity index (χ1v) is 8.13. The number of amides is 2. The molecule has 0 saturated heterocycles. The van der Waals surface area contributed by atoms with Gasteiger partial charge in [0.25, 0.3) is 11.8 Å². The van der Waals surface area contributed by atoms with E-state index in [2.05, 4.69) is 24.1 Å². The third kappa shape index (κ3) is 5.49. The van der Waals surface area contributed by atoms with Crippen LogP contribution in [0.5, 0.6) is 5.75 Å². The summed E-state index contributed by atoms with van der Waals surface area (Å²) in [5.74, 6) is 0.0276. The molecule has 0 aliphatic carbocycles. The van der Waals surface area contributed by atoms with Crippen molar-refractivity contribution in [1.29, 1.82) is 0 Å². The van der Waals surface area contributed by atoms with Crippen LogP contribution in [0.25, 0.3) is 0 Å². The predicted octanol–water partition coefficient (Wildman–Crippen LogP) is 3.18. The lowest BCUT2D eigenvalue weighted by molar-refractivity contribution is -0.118. The minimum absolute atomic E-state index is 0.131. The predicted molar refractivity (Wildman–Crippen MR) is 98.9 cm³/mol. The zero-order valence-electron chi connectivity index (χ0n) is 14.2. The number of benzene rings is 2. The molecule has 0 aliphatic rings. The highest BCUT2D eigenvalue weighted by Crippen LogP contribution is 2.16. The zero-order valence-corrected chi connectivity index (χ0v) is 14.2. The van der Waals surface area contributed by atoms with Gasteiger partial charge in [0.1, 0.15) is 5.75 Å². The summed E-state index contributed by atoms with van der Waals surface area (Å²) in [6.45, 7) is 5.86. The van der Waals surface area contributed by atoms with Crippen molar-refractivity contribution in [3.8, 4) is 5.75 Å². The molecule has 0 atom stereocenters. The molecule has 2 rings (SSSR count). The van der Waals surface area contributed by atoms with Crippen molar-refractivity contribution >= 4 is 17.5 Å². The van der Waals surface area contributed by atoms with E-state index in [4.69, 9.17) is 4.74 Å². The molecule has 2 N–H and O–H groups in total. The van der Waals surface area contributed by atoms with E-state index in [0.29, 0.717) is 23.5 Å². The maximum atomic E-state index is 12.1. The number of hydrogen-bond donors (Lipinski definition) is 2. The number of anilines is 1. The van der Waals surface area contributed by atoms with Crippen LogP contribution < -0.4 is 15.4 Å². The van der Waals surface area contributed by atoms with Gasteiger partial charge in [-0.1, -0.05) is 37.3 Å². The maximum absolute atomic E-state index is 12.1. The average Bonchev–Trinajstić information content (AvgIpc) is 2.65. The van der Waals surface area contributed by atoms with E-state index in [1.54, 1.807) is 30.3 Å². The van der Waals surface area contributed by atoms with Gasteiger partial charge in [0.15, 0.2) is 6.61 Å². The van der Waals surface area contributed by atoms with Gasteiger partial charge in [-0.15, -0.1) is 6.58 Å². The lowest BCUT2D eigenvalue weighted by Gasteiger charge is -2.11. The fourth-order valence-electron chi connectivity index (χ4n) is 2.21. The van der Waals surface area contributed by atoms with Gasteiger partial charge in [0.05, 0.1) is 11.3 Å². The topological polar surface area (TPSA) is 67.4 Å². The van der Waals surface area contributed by atoms with Crippen molar-refractivity contribution in [1.82, 2.24) is 5.32 Å². The summed E-state index contributed by atoms with van der Waals surface area (Å²) in [7, 11) is 0. The molecular weight excluding hydrogens is 316 g/mol. The van der Waals surface area contributed by atoms with Crippen molar-refractivity contribution in [3.05, 3.63) is 72.3 Å². The van der Waals surface area contributed by atoms with Crippen molar-refractivity contribution in [2.75, 3.05) is 18.5 Å². The van der Waals surface area contributed by atoms with E-state index in [-0.39, 0.29) is 18.4 Å². The van der Waals surface area contributed by atoms with Crippen LogP contribution in [0, 0.1) is 0 Å². The van der Waals surface area contributed by atoms with E-state index in [9.17, 15) is 9.59 Å². The van der Waals surface area contributed by atoms with Crippen LogP contribution in [0.3, 0.4) is 0 Å². The van der Waals surface area contributed by atoms with Gasteiger partial charge in [-0.3, -0.25) is 9.59 Å². The first-order chi connectivity index (χ1) is 12.1. The van der Waals surface area contributed by atoms with E-state index < -0.39 is 0 Å². The summed E-state index contributed by atoms with van der Waals surface area (Å²) in [6, 6.07) is 14.4. The second kappa shape index (κ2) is 9.27. The Bertz CT molecular complexity index is 739. The fourth-order valence-corrected chi connectivity index (χ4v) is 2.21. The first-order valence-electron chi connectivity index (χ1n) is 8.13. The van der Waals surface area contributed by atoms with E-state index >= 15 is 0 Å². The summed E-state index contributed by atoms with van der Waals surface area (Å²) in [4.78, 5) is 24.2. The van der Waals surface area contributed by atoms with Crippen molar-refractivity contribution in [3.63, 3.8) is 0 Å². The molecule has 25 heavy (non-hydrogen) atoms. The second-order valence-corrected chi connectivity index (χ2v) is 5.38. The molecular formula is C20H22N2O3. The van der Waals surface area contributed by atoms with Crippen LogP contribution in [-0.2, 0) is 11.2 Å². The molecule has 0 aliphatic heterocycles. The number of carbonyl (C=O) groups excluding carboxylic acids is 2. The van der Waals surface area contributed by atoms with Crippen LogP contribution in [0.1, 0.15) is 22.8 Å². The standard InChI is InChI=1S/C20H22N2O3/c1-3-13-21-20(24)17-7-5-6-8-18(17)22-19(23)14-25-16-11-9-15(4-2)10-12-16/h3,5-12H,1,4,13-14H2,2H3,(H,21,24)(H,22,23). The summed E-state index contributed by atoms with van der Waals surface area (Å²) in [6.07, 6.45) is 2.54. The molecule has 0 spiro atoms. The SMILES string of the molecule is C=CCNC(=O)c1ccccc1NC(=O)COc1ccc(CC)cc1. The Hall–Kier alpha value is -3.08. The largest absolute Gasteiger partial charge is 0.484 e. The first kappa shape index (κ1) is 18.3. The highest BCUT2D eigenvalue weighted by molar-refractivity contribution is 6.04. The smallest absolute Gasteiger partial charge is 0.262 e. The number of aryl methyl sites for hydroxylation is 1. The molecule has 0 unspecified atom stereocenters. The summed E-state index contributed by atoms with van der Waals surface area (Å²) in [5.41, 5.74) is 2.04. The monoisotopic (exact) mass is 338 g/mol. The Morgan fingerprint density at radius 2 is 1.84 bits per heavy atom. The Morgan fingerprint density at radius 3 is 2.52 bits per heavy atom. The molecule has 0 radical (unpaired) electrons. The highest BCUT2D eigenvalue weighted by Gasteiger charge is 2.12. The van der Waals surface area contributed by atoms with Gasteiger partial charge in [-0.05, 0) is 36.2 Å². The fraction of sp³-hybridized carbons (Fsp3) is 0.200. The Balaban J connectivity index is 1.95. The highest BCUT2D eigenvalue weighted by atomic mass is 16.5. The van der Waals surface area contributed by atoms with Gasteiger partial charge < -0.3 is 15.4 Å². The van der Waals surface area contributed by atoms with Gasteiger partial charge in [0, 0.05) is 6.54 Å². The number of ether oxygens (including phenoxy) is 1. The van der Waals surface area contributed by atoms with Crippen molar-refractivity contribution in [2.45, 2.75) is 13.3 Å². The summed E-state index contributed by atoms with van der Waals surface area (Å²) < 4.78 is 5.48. The third-order valence-corrected chi connectivity index (χ3v) is 3.55. The molecule has 5 heteroatoms. The number of carbonyl (C=O) groups is 2. The molecule has 130 valence electrons. The van der Waals surface area contributed by atoms with Gasteiger partial charge in [0.2, 0.25) is 0 Å². The van der Waals surface area contributed by atoms with Crippen LogP contribution in [0.15, 0.2) is 61.2 Å². The Labute approximate surface area is 147 Å². The van der Waals surface area contributed by atoms with Gasteiger partial charge >= 0.3 is 0 Å². The molecule has 2 aromatic rings. The minimum Gasteiger partial charge on any atom is -0.484 e. The molecule has 5 nitrogen and oxygen atoms in total. The summed E-state index contributed by atoms with van der Waals surface area (Å²) in [5, 5.41) is 5.40. The molecule has 0 heterocycles. The van der Waals surface area contributed by atoms with Crippen LogP contribution in [-0.4, -0.2) is 25.0 Å². The van der Waals surface area contributed by atoms with E-state index in [1.807, 2.05) is 24.3 Å². The molecule has 0 saturated carbocycles. The minimum atomic E-state index is -0.330. The molecule has 2 aromatic carbocycles. The Kier molecular flexibility index (Phi) is 6.77. The molecule has 0 fully saturated rings. The summed E-state index contributed by atoms with van der Waals surface area (Å²) >= 11 is 0. The lowest BCUT2D eigenvalue weighted by Crippen LogP contribution is -2.26. The maximum Gasteiger partial charge on any atom is 0.262 e.